The van der Waals surface area contributed by atoms with Gasteiger partial charge >= 0.3 is 0 Å². The van der Waals surface area contributed by atoms with Crippen LogP contribution in [0.15, 0.2) is 34.7 Å². The second-order valence-corrected chi connectivity index (χ2v) is 4.80. The highest BCUT2D eigenvalue weighted by Crippen LogP contribution is 2.23. The summed E-state index contributed by atoms with van der Waals surface area (Å²) in [5.74, 6) is 1.04. The van der Waals surface area contributed by atoms with Crippen molar-refractivity contribution >= 4 is 18.0 Å². The van der Waals surface area contributed by atoms with Gasteiger partial charge in [0.25, 0.3) is 0 Å². The van der Waals surface area contributed by atoms with Crippen LogP contribution in [0.4, 0.5) is 5.88 Å². The van der Waals surface area contributed by atoms with E-state index in [0.29, 0.717) is 17.5 Å². The molecule has 0 radical (unpaired) electrons. The summed E-state index contributed by atoms with van der Waals surface area (Å²) >= 11 is 0. The van der Waals surface area contributed by atoms with Gasteiger partial charge in [0.15, 0.2) is 0 Å². The zero-order valence-corrected chi connectivity index (χ0v) is 11.6. The van der Waals surface area contributed by atoms with Gasteiger partial charge in [0.2, 0.25) is 17.5 Å². The first kappa shape index (κ1) is 13.4. The Kier molecular flexibility index (Phi) is 3.99. The zero-order valence-electron chi connectivity index (χ0n) is 11.6. The molecule has 0 spiro atoms. The van der Waals surface area contributed by atoms with Gasteiger partial charge in [-0.3, -0.25) is 0 Å². The molecule has 1 fully saturated rings. The molecule has 0 amide bonds. The molecule has 1 saturated heterocycles. The van der Waals surface area contributed by atoms with E-state index in [4.69, 9.17) is 4.42 Å². The third-order valence-corrected chi connectivity index (χ3v) is 3.35. The molecule has 106 valence electrons. The summed E-state index contributed by atoms with van der Waals surface area (Å²) in [4.78, 5) is 6.30. The Morgan fingerprint density at radius 2 is 1.95 bits per heavy atom. The SMILES string of the molecule is N#Cc1nc(C=Cc2ccccc2)oc1N1CCNCC1. The molecule has 0 saturated carbocycles. The normalized spacial score (nSPS) is 15.3. The monoisotopic (exact) mass is 280 g/mol. The Morgan fingerprint density at radius 3 is 2.67 bits per heavy atom. The molecule has 0 unspecified atom stereocenters. The molecule has 1 aliphatic rings. The number of nitrogens with one attached hydrogen (secondary N) is 1. The van der Waals surface area contributed by atoms with Gasteiger partial charge in [0.1, 0.15) is 6.07 Å². The van der Waals surface area contributed by atoms with E-state index in [1.807, 2.05) is 36.4 Å². The van der Waals surface area contributed by atoms with Crippen molar-refractivity contribution in [3.63, 3.8) is 0 Å². The first-order chi connectivity index (χ1) is 10.4. The molecule has 2 aromatic rings. The van der Waals surface area contributed by atoms with Crippen LogP contribution < -0.4 is 10.2 Å². The van der Waals surface area contributed by atoms with Crippen molar-refractivity contribution in [2.75, 3.05) is 31.1 Å². The highest BCUT2D eigenvalue weighted by Gasteiger charge is 2.20. The van der Waals surface area contributed by atoms with E-state index in [2.05, 4.69) is 21.3 Å². The maximum atomic E-state index is 9.21. The van der Waals surface area contributed by atoms with Crippen LogP contribution in [0.3, 0.4) is 0 Å². The number of benzene rings is 1. The van der Waals surface area contributed by atoms with Gasteiger partial charge in [-0.15, -0.1) is 0 Å². The van der Waals surface area contributed by atoms with E-state index in [1.165, 1.54) is 0 Å². The molecule has 21 heavy (non-hydrogen) atoms. The standard InChI is InChI=1S/C16H16N4O/c17-12-14-16(20-10-8-18-9-11-20)21-15(19-14)7-6-13-4-2-1-3-5-13/h1-7,18H,8-11H2. The molecular weight excluding hydrogens is 264 g/mol. The summed E-state index contributed by atoms with van der Waals surface area (Å²) in [7, 11) is 0. The highest BCUT2D eigenvalue weighted by atomic mass is 16.4. The van der Waals surface area contributed by atoms with Crippen molar-refractivity contribution < 1.29 is 4.42 Å². The maximum Gasteiger partial charge on any atom is 0.235 e. The average Bonchev–Trinajstić information content (AvgIpc) is 2.98. The van der Waals surface area contributed by atoms with Crippen LogP contribution >= 0.6 is 0 Å². The maximum absolute atomic E-state index is 9.21. The molecule has 1 N–H and O–H groups in total. The lowest BCUT2D eigenvalue weighted by atomic mass is 10.2. The number of aromatic nitrogens is 1. The molecule has 2 heterocycles. The van der Waals surface area contributed by atoms with Crippen LogP contribution in [0, 0.1) is 11.3 Å². The van der Waals surface area contributed by atoms with E-state index >= 15 is 0 Å². The number of nitrogens with zero attached hydrogens (tertiary/aromatic N) is 3. The number of oxazole rings is 1. The van der Waals surface area contributed by atoms with Crippen molar-refractivity contribution in [3.8, 4) is 6.07 Å². The van der Waals surface area contributed by atoms with Crippen molar-refractivity contribution in [2.24, 2.45) is 0 Å². The first-order valence-electron chi connectivity index (χ1n) is 6.96. The van der Waals surface area contributed by atoms with Crippen LogP contribution in [-0.4, -0.2) is 31.2 Å². The van der Waals surface area contributed by atoms with Gasteiger partial charge in [0, 0.05) is 32.3 Å². The Balaban J connectivity index is 1.82. The van der Waals surface area contributed by atoms with Crippen LogP contribution in [0.5, 0.6) is 0 Å². The van der Waals surface area contributed by atoms with Gasteiger partial charge in [-0.2, -0.15) is 10.2 Å². The Labute approximate surface area is 123 Å². The van der Waals surface area contributed by atoms with Crippen LogP contribution in [0.25, 0.3) is 12.2 Å². The van der Waals surface area contributed by atoms with Crippen LogP contribution in [0.1, 0.15) is 17.1 Å². The fourth-order valence-electron chi connectivity index (χ4n) is 2.29. The zero-order chi connectivity index (χ0) is 14.5. The molecule has 0 aliphatic carbocycles. The number of hydrogen-bond acceptors (Lipinski definition) is 5. The second kappa shape index (κ2) is 6.25. The molecule has 5 heteroatoms. The van der Waals surface area contributed by atoms with Gasteiger partial charge in [-0.05, 0) is 11.6 Å². The largest absolute Gasteiger partial charge is 0.420 e. The minimum Gasteiger partial charge on any atom is -0.420 e. The summed E-state index contributed by atoms with van der Waals surface area (Å²) in [6.07, 6.45) is 3.72. The molecule has 0 atom stereocenters. The lowest BCUT2D eigenvalue weighted by Gasteiger charge is -2.26. The van der Waals surface area contributed by atoms with E-state index in [-0.39, 0.29) is 0 Å². The van der Waals surface area contributed by atoms with Crippen molar-refractivity contribution in [1.82, 2.24) is 10.3 Å². The molecule has 5 nitrogen and oxygen atoms in total. The van der Waals surface area contributed by atoms with Gasteiger partial charge in [0.05, 0.1) is 0 Å². The number of anilines is 1. The molecule has 3 rings (SSSR count). The Bertz CT molecular complexity index is 663. The molecular formula is C16H16N4O. The molecule has 1 aromatic carbocycles. The van der Waals surface area contributed by atoms with Crippen LogP contribution in [0.2, 0.25) is 0 Å². The van der Waals surface area contributed by atoms with Gasteiger partial charge in [-0.1, -0.05) is 30.3 Å². The van der Waals surface area contributed by atoms with E-state index in [1.54, 1.807) is 6.08 Å². The average molecular weight is 280 g/mol. The summed E-state index contributed by atoms with van der Waals surface area (Å²) in [5.41, 5.74) is 1.42. The fraction of sp³-hybridized carbons (Fsp3) is 0.250. The third-order valence-electron chi connectivity index (χ3n) is 3.35. The van der Waals surface area contributed by atoms with Crippen molar-refractivity contribution in [3.05, 3.63) is 47.5 Å². The minimum absolute atomic E-state index is 0.351. The van der Waals surface area contributed by atoms with E-state index in [9.17, 15) is 5.26 Å². The first-order valence-corrected chi connectivity index (χ1v) is 6.96. The smallest absolute Gasteiger partial charge is 0.235 e. The lowest BCUT2D eigenvalue weighted by molar-refractivity contribution is 0.498. The summed E-state index contributed by atoms with van der Waals surface area (Å²) in [5, 5.41) is 12.5. The molecule has 1 aromatic heterocycles. The molecule has 1 aliphatic heterocycles. The van der Waals surface area contributed by atoms with Gasteiger partial charge < -0.3 is 14.6 Å². The number of rotatable bonds is 3. The number of piperazine rings is 1. The quantitative estimate of drug-likeness (QED) is 0.933. The van der Waals surface area contributed by atoms with Crippen LogP contribution in [-0.2, 0) is 0 Å². The predicted octanol–water partition coefficient (Wildman–Crippen LogP) is 2.13. The van der Waals surface area contributed by atoms with Crippen molar-refractivity contribution in [2.45, 2.75) is 0 Å². The summed E-state index contributed by atoms with van der Waals surface area (Å²) in [6, 6.07) is 12.0. The highest BCUT2D eigenvalue weighted by molar-refractivity contribution is 5.67. The Morgan fingerprint density at radius 1 is 1.19 bits per heavy atom. The minimum atomic E-state index is 0.351. The third kappa shape index (κ3) is 3.12. The lowest BCUT2D eigenvalue weighted by Crippen LogP contribution is -2.43. The fourth-order valence-corrected chi connectivity index (χ4v) is 2.29. The second-order valence-electron chi connectivity index (χ2n) is 4.80. The predicted molar refractivity (Wildman–Crippen MR) is 81.7 cm³/mol. The number of nitriles is 1. The van der Waals surface area contributed by atoms with Crippen molar-refractivity contribution in [1.29, 1.82) is 5.26 Å². The summed E-state index contributed by atoms with van der Waals surface area (Å²) in [6.45, 7) is 3.43. The number of hydrogen-bond donors (Lipinski definition) is 1. The van der Waals surface area contributed by atoms with Gasteiger partial charge in [-0.25, -0.2) is 0 Å². The van der Waals surface area contributed by atoms with E-state index < -0.39 is 0 Å². The summed E-state index contributed by atoms with van der Waals surface area (Å²) < 4.78 is 5.74. The Hall–Kier alpha value is -2.58. The molecule has 0 bridgehead atoms. The topological polar surface area (TPSA) is 65.1 Å². The van der Waals surface area contributed by atoms with E-state index in [0.717, 1.165) is 31.7 Å².